The molecule has 0 aliphatic carbocycles. The molecule has 0 unspecified atom stereocenters. The lowest BCUT2D eigenvalue weighted by Gasteiger charge is -2.10. The Morgan fingerprint density at radius 1 is 0.917 bits per heavy atom. The monoisotopic (exact) mass is 321 g/mol. The van der Waals surface area contributed by atoms with Crippen LogP contribution in [0.15, 0.2) is 60.7 Å². The van der Waals surface area contributed by atoms with Gasteiger partial charge >= 0.3 is 0 Å². The molecule has 0 aromatic heterocycles. The first-order valence-electron chi connectivity index (χ1n) is 7.69. The lowest BCUT2D eigenvalue weighted by Crippen LogP contribution is -2.23. The summed E-state index contributed by atoms with van der Waals surface area (Å²) >= 11 is 0. The number of carbonyl (C=O) groups is 1. The average molecular weight is 321 g/mol. The second kappa shape index (κ2) is 7.04. The molecular formula is C20H19NO3. The van der Waals surface area contributed by atoms with Crippen LogP contribution in [0.25, 0.3) is 10.8 Å². The highest BCUT2D eigenvalue weighted by molar-refractivity contribution is 5.97. The molecule has 3 aromatic rings. The lowest BCUT2D eigenvalue weighted by molar-refractivity contribution is 0.0948. The van der Waals surface area contributed by atoms with E-state index in [1.165, 1.54) is 0 Å². The summed E-state index contributed by atoms with van der Waals surface area (Å²) in [7, 11) is 3.21. The van der Waals surface area contributed by atoms with Crippen molar-refractivity contribution >= 4 is 16.7 Å². The molecule has 0 fully saturated rings. The van der Waals surface area contributed by atoms with Gasteiger partial charge in [0, 0.05) is 6.54 Å². The maximum Gasteiger partial charge on any atom is 0.255 e. The van der Waals surface area contributed by atoms with E-state index in [9.17, 15) is 4.79 Å². The first-order chi connectivity index (χ1) is 11.7. The van der Waals surface area contributed by atoms with E-state index >= 15 is 0 Å². The smallest absolute Gasteiger partial charge is 0.255 e. The molecule has 0 saturated carbocycles. The van der Waals surface area contributed by atoms with Gasteiger partial charge in [-0.2, -0.15) is 0 Å². The molecule has 0 aliphatic heterocycles. The van der Waals surface area contributed by atoms with Crippen molar-refractivity contribution in [1.82, 2.24) is 5.32 Å². The summed E-state index contributed by atoms with van der Waals surface area (Å²) in [5, 5.41) is 5.15. The van der Waals surface area contributed by atoms with Crippen LogP contribution in [0, 0.1) is 0 Å². The summed E-state index contributed by atoms with van der Waals surface area (Å²) in [4.78, 5) is 12.3. The molecule has 122 valence electrons. The average Bonchev–Trinajstić information content (AvgIpc) is 2.65. The van der Waals surface area contributed by atoms with E-state index in [2.05, 4.69) is 11.4 Å². The Balaban J connectivity index is 1.74. The Morgan fingerprint density at radius 2 is 1.67 bits per heavy atom. The second-order valence-corrected chi connectivity index (χ2v) is 5.43. The molecule has 0 heterocycles. The zero-order valence-corrected chi connectivity index (χ0v) is 13.7. The maximum atomic E-state index is 12.3. The molecule has 4 nitrogen and oxygen atoms in total. The standard InChI is InChI=1S/C20H19NO3/c1-23-17-10-9-15-11-14(7-8-16(15)12-17)13-21-20(22)18-5-3-4-6-19(18)24-2/h3-12H,13H2,1-2H3,(H,21,22). The Bertz CT molecular complexity index is 874. The summed E-state index contributed by atoms with van der Waals surface area (Å²) in [6.07, 6.45) is 0. The van der Waals surface area contributed by atoms with Gasteiger partial charge in [-0.3, -0.25) is 4.79 Å². The molecule has 1 N–H and O–H groups in total. The van der Waals surface area contributed by atoms with Crippen LogP contribution in [0.4, 0.5) is 0 Å². The van der Waals surface area contributed by atoms with Crippen molar-refractivity contribution in [3.63, 3.8) is 0 Å². The first kappa shape index (κ1) is 15.9. The predicted octanol–water partition coefficient (Wildman–Crippen LogP) is 3.79. The van der Waals surface area contributed by atoms with Crippen LogP contribution in [0.2, 0.25) is 0 Å². The van der Waals surface area contributed by atoms with E-state index in [1.807, 2.05) is 42.5 Å². The number of methoxy groups -OCH3 is 2. The summed E-state index contributed by atoms with van der Waals surface area (Å²) in [5.41, 5.74) is 1.57. The number of nitrogens with one attached hydrogen (secondary N) is 1. The van der Waals surface area contributed by atoms with Gasteiger partial charge in [0.2, 0.25) is 0 Å². The molecule has 0 atom stereocenters. The summed E-state index contributed by atoms with van der Waals surface area (Å²) in [6.45, 7) is 0.457. The van der Waals surface area contributed by atoms with Crippen LogP contribution in [0.3, 0.4) is 0 Å². The van der Waals surface area contributed by atoms with E-state index in [0.29, 0.717) is 17.9 Å². The zero-order chi connectivity index (χ0) is 16.9. The minimum atomic E-state index is -0.151. The van der Waals surface area contributed by atoms with Gasteiger partial charge < -0.3 is 14.8 Å². The van der Waals surface area contributed by atoms with E-state index in [0.717, 1.165) is 22.1 Å². The number of para-hydroxylation sites is 1. The fourth-order valence-electron chi connectivity index (χ4n) is 2.62. The van der Waals surface area contributed by atoms with E-state index in [4.69, 9.17) is 9.47 Å². The van der Waals surface area contributed by atoms with Crippen molar-refractivity contribution in [2.75, 3.05) is 14.2 Å². The third kappa shape index (κ3) is 3.33. The normalized spacial score (nSPS) is 10.4. The molecule has 3 rings (SSSR count). The van der Waals surface area contributed by atoms with Gasteiger partial charge in [-0.05, 0) is 46.7 Å². The Hall–Kier alpha value is -3.01. The molecule has 4 heteroatoms. The molecule has 0 saturated heterocycles. The molecule has 0 aliphatic rings. The highest BCUT2D eigenvalue weighted by Crippen LogP contribution is 2.22. The Kier molecular flexibility index (Phi) is 4.66. The maximum absolute atomic E-state index is 12.3. The number of ether oxygens (including phenoxy) is 2. The minimum absolute atomic E-state index is 0.151. The van der Waals surface area contributed by atoms with Crippen molar-refractivity contribution in [2.24, 2.45) is 0 Å². The third-order valence-electron chi connectivity index (χ3n) is 3.92. The van der Waals surface area contributed by atoms with E-state index < -0.39 is 0 Å². The van der Waals surface area contributed by atoms with Crippen LogP contribution in [-0.2, 0) is 6.54 Å². The van der Waals surface area contributed by atoms with Crippen LogP contribution in [0.5, 0.6) is 11.5 Å². The molecule has 1 amide bonds. The topological polar surface area (TPSA) is 47.6 Å². The Labute approximate surface area is 141 Å². The number of fused-ring (bicyclic) bond motifs is 1. The molecule has 3 aromatic carbocycles. The van der Waals surface area contributed by atoms with E-state index in [1.54, 1.807) is 26.4 Å². The summed E-state index contributed by atoms with van der Waals surface area (Å²) < 4.78 is 10.5. The SMILES string of the molecule is COc1ccc2cc(CNC(=O)c3ccccc3OC)ccc2c1. The molecule has 0 radical (unpaired) electrons. The quantitative estimate of drug-likeness (QED) is 0.778. The highest BCUT2D eigenvalue weighted by Gasteiger charge is 2.10. The van der Waals surface area contributed by atoms with Crippen LogP contribution in [-0.4, -0.2) is 20.1 Å². The summed E-state index contributed by atoms with van der Waals surface area (Å²) in [5.74, 6) is 1.25. The predicted molar refractivity (Wildman–Crippen MR) is 94.7 cm³/mol. The van der Waals surface area contributed by atoms with Crippen molar-refractivity contribution < 1.29 is 14.3 Å². The van der Waals surface area contributed by atoms with Gasteiger partial charge in [0.25, 0.3) is 5.91 Å². The molecule has 0 bridgehead atoms. The zero-order valence-electron chi connectivity index (χ0n) is 13.7. The number of hydrogen-bond donors (Lipinski definition) is 1. The minimum Gasteiger partial charge on any atom is -0.497 e. The van der Waals surface area contributed by atoms with Crippen molar-refractivity contribution in [1.29, 1.82) is 0 Å². The first-order valence-corrected chi connectivity index (χ1v) is 7.69. The second-order valence-electron chi connectivity index (χ2n) is 5.43. The number of carbonyl (C=O) groups excluding carboxylic acids is 1. The van der Waals surface area contributed by atoms with Gasteiger partial charge in [0.15, 0.2) is 0 Å². The number of amides is 1. The van der Waals surface area contributed by atoms with Gasteiger partial charge in [-0.15, -0.1) is 0 Å². The molecule has 0 spiro atoms. The van der Waals surface area contributed by atoms with Crippen molar-refractivity contribution in [2.45, 2.75) is 6.54 Å². The fourth-order valence-corrected chi connectivity index (χ4v) is 2.62. The lowest BCUT2D eigenvalue weighted by atomic mass is 10.1. The van der Waals surface area contributed by atoms with Crippen molar-refractivity contribution in [3.05, 3.63) is 71.8 Å². The van der Waals surface area contributed by atoms with Gasteiger partial charge in [0.05, 0.1) is 19.8 Å². The van der Waals surface area contributed by atoms with E-state index in [-0.39, 0.29) is 5.91 Å². The van der Waals surface area contributed by atoms with Crippen LogP contribution in [0.1, 0.15) is 15.9 Å². The number of hydrogen-bond acceptors (Lipinski definition) is 3. The molecular weight excluding hydrogens is 302 g/mol. The van der Waals surface area contributed by atoms with Gasteiger partial charge in [0.1, 0.15) is 11.5 Å². The summed E-state index contributed by atoms with van der Waals surface area (Å²) in [6, 6.07) is 19.2. The highest BCUT2D eigenvalue weighted by atomic mass is 16.5. The van der Waals surface area contributed by atoms with Crippen LogP contribution >= 0.6 is 0 Å². The largest absolute Gasteiger partial charge is 0.497 e. The fraction of sp³-hybridized carbons (Fsp3) is 0.150. The Morgan fingerprint density at radius 3 is 2.46 bits per heavy atom. The van der Waals surface area contributed by atoms with Gasteiger partial charge in [-0.1, -0.05) is 30.3 Å². The van der Waals surface area contributed by atoms with Crippen molar-refractivity contribution in [3.8, 4) is 11.5 Å². The number of benzene rings is 3. The number of rotatable bonds is 5. The van der Waals surface area contributed by atoms with Crippen LogP contribution < -0.4 is 14.8 Å². The van der Waals surface area contributed by atoms with Gasteiger partial charge in [-0.25, -0.2) is 0 Å². The third-order valence-corrected chi connectivity index (χ3v) is 3.92. The molecule has 24 heavy (non-hydrogen) atoms.